The van der Waals surface area contributed by atoms with E-state index in [1.807, 2.05) is 61.5 Å². The van der Waals surface area contributed by atoms with Crippen LogP contribution in [0.4, 0.5) is 4.39 Å². The van der Waals surface area contributed by atoms with Crippen LogP contribution in [0.15, 0.2) is 93.2 Å². The van der Waals surface area contributed by atoms with Crippen LogP contribution in [0.25, 0.3) is 21.7 Å². The van der Waals surface area contributed by atoms with Crippen LogP contribution in [-0.2, 0) is 6.61 Å². The molecule has 186 valence electrons. The fourth-order valence-corrected chi connectivity index (χ4v) is 4.58. The number of hydrogen-bond acceptors (Lipinski definition) is 4. The number of halogens is 2. The molecule has 7 heteroatoms. The Balaban J connectivity index is 1.63. The van der Waals surface area contributed by atoms with Crippen LogP contribution in [0.5, 0.6) is 5.75 Å². The fraction of sp³-hybridized carbons (Fsp3) is 0.167. The van der Waals surface area contributed by atoms with E-state index in [2.05, 4.69) is 28.0 Å². The lowest BCUT2D eigenvalue weighted by Crippen LogP contribution is -2.23. The molecule has 0 unspecified atom stereocenters. The molecule has 0 spiro atoms. The van der Waals surface area contributed by atoms with Gasteiger partial charge in [0, 0.05) is 16.0 Å². The van der Waals surface area contributed by atoms with E-state index >= 15 is 0 Å². The average Bonchev–Trinajstić information content (AvgIpc) is 2.91. The van der Waals surface area contributed by atoms with E-state index in [0.717, 1.165) is 32.8 Å². The van der Waals surface area contributed by atoms with Crippen LogP contribution in [0, 0.1) is 5.82 Å². The number of rotatable bonds is 7. The average molecular weight is 558 g/mol. The number of hydrogen-bond donors (Lipinski definition) is 0. The predicted octanol–water partition coefficient (Wildman–Crippen LogP) is 7.43. The van der Waals surface area contributed by atoms with Crippen molar-refractivity contribution >= 4 is 43.8 Å². The molecule has 1 aromatic heterocycles. The van der Waals surface area contributed by atoms with Crippen molar-refractivity contribution in [2.24, 2.45) is 5.10 Å². The molecule has 0 aliphatic heterocycles. The lowest BCUT2D eigenvalue weighted by atomic mass is 10.0. The summed E-state index contributed by atoms with van der Waals surface area (Å²) in [4.78, 5) is 18.3. The monoisotopic (exact) mass is 557 g/mol. The minimum atomic E-state index is -0.311. The molecule has 0 aliphatic carbocycles. The van der Waals surface area contributed by atoms with Crippen LogP contribution < -0.4 is 10.3 Å². The Bertz CT molecular complexity index is 1700. The standard InChI is InChI=1S/C30H25BrFN3O2/c1-3-19(2)29-34-27-13-12-22(31)16-25(27)30(36)35(29)33-17-26-24-10-5-4-8-21(24)11-14-28(26)37-18-20-7-6-9-23(32)15-20/h4-17,19H,3,18H2,1-2H3/t19-/m0/s1. The smallest absolute Gasteiger partial charge is 0.282 e. The molecule has 1 atom stereocenters. The molecule has 0 N–H and O–H groups in total. The highest BCUT2D eigenvalue weighted by molar-refractivity contribution is 9.10. The molecule has 0 saturated carbocycles. The van der Waals surface area contributed by atoms with Crippen LogP contribution in [0.2, 0.25) is 0 Å². The van der Waals surface area contributed by atoms with Gasteiger partial charge in [-0.3, -0.25) is 4.79 Å². The molecule has 4 aromatic carbocycles. The zero-order chi connectivity index (χ0) is 25.9. The second-order valence-corrected chi connectivity index (χ2v) is 9.84. The summed E-state index contributed by atoms with van der Waals surface area (Å²) in [5, 5.41) is 7.09. The minimum absolute atomic E-state index is 0.0223. The number of fused-ring (bicyclic) bond motifs is 2. The molecular formula is C30H25BrFN3O2. The van der Waals surface area contributed by atoms with Crippen molar-refractivity contribution in [1.29, 1.82) is 0 Å². The quantitative estimate of drug-likeness (QED) is 0.195. The van der Waals surface area contributed by atoms with Crippen LogP contribution in [-0.4, -0.2) is 15.9 Å². The van der Waals surface area contributed by atoms with E-state index in [1.165, 1.54) is 16.8 Å². The molecule has 5 aromatic rings. The fourth-order valence-electron chi connectivity index (χ4n) is 4.22. The van der Waals surface area contributed by atoms with Crippen molar-refractivity contribution in [3.63, 3.8) is 0 Å². The van der Waals surface area contributed by atoms with E-state index in [-0.39, 0.29) is 23.9 Å². The van der Waals surface area contributed by atoms with Gasteiger partial charge < -0.3 is 4.74 Å². The highest BCUT2D eigenvalue weighted by atomic mass is 79.9. The van der Waals surface area contributed by atoms with E-state index in [9.17, 15) is 9.18 Å². The first kappa shape index (κ1) is 24.8. The molecule has 5 rings (SSSR count). The zero-order valence-electron chi connectivity index (χ0n) is 20.5. The van der Waals surface area contributed by atoms with Crippen LogP contribution in [0.3, 0.4) is 0 Å². The highest BCUT2D eigenvalue weighted by Crippen LogP contribution is 2.28. The molecule has 0 radical (unpaired) electrons. The van der Waals surface area contributed by atoms with Crippen molar-refractivity contribution in [3.05, 3.63) is 116 Å². The van der Waals surface area contributed by atoms with Gasteiger partial charge in [0.1, 0.15) is 24.0 Å². The van der Waals surface area contributed by atoms with Crippen molar-refractivity contribution in [2.45, 2.75) is 32.8 Å². The Morgan fingerprint density at radius 3 is 2.70 bits per heavy atom. The maximum absolute atomic E-state index is 13.7. The topological polar surface area (TPSA) is 56.5 Å². The lowest BCUT2D eigenvalue weighted by molar-refractivity contribution is 0.305. The highest BCUT2D eigenvalue weighted by Gasteiger charge is 2.16. The first-order valence-corrected chi connectivity index (χ1v) is 12.9. The maximum Gasteiger partial charge on any atom is 0.282 e. The summed E-state index contributed by atoms with van der Waals surface area (Å²) in [5.74, 6) is 0.894. The van der Waals surface area contributed by atoms with Gasteiger partial charge in [0.25, 0.3) is 5.56 Å². The molecule has 1 heterocycles. The third-order valence-corrected chi connectivity index (χ3v) is 6.90. The summed E-state index contributed by atoms with van der Waals surface area (Å²) in [6.45, 7) is 4.28. The van der Waals surface area contributed by atoms with Crippen molar-refractivity contribution in [1.82, 2.24) is 9.66 Å². The van der Waals surface area contributed by atoms with Crippen LogP contribution in [0.1, 0.15) is 43.1 Å². The Kier molecular flexibility index (Phi) is 7.15. The summed E-state index contributed by atoms with van der Waals surface area (Å²) in [7, 11) is 0. The van der Waals surface area contributed by atoms with E-state index in [1.54, 1.807) is 18.3 Å². The Hall–Kier alpha value is -3.84. The summed E-state index contributed by atoms with van der Waals surface area (Å²) >= 11 is 3.45. The van der Waals surface area contributed by atoms with Crippen LogP contribution >= 0.6 is 15.9 Å². The molecule has 37 heavy (non-hydrogen) atoms. The van der Waals surface area contributed by atoms with Gasteiger partial charge in [0.15, 0.2) is 0 Å². The van der Waals surface area contributed by atoms with E-state index in [4.69, 9.17) is 9.72 Å². The first-order chi connectivity index (χ1) is 17.9. The van der Waals surface area contributed by atoms with Gasteiger partial charge in [-0.2, -0.15) is 9.78 Å². The third-order valence-electron chi connectivity index (χ3n) is 6.40. The van der Waals surface area contributed by atoms with Crippen molar-refractivity contribution in [3.8, 4) is 5.75 Å². The van der Waals surface area contributed by atoms with E-state index < -0.39 is 0 Å². The summed E-state index contributed by atoms with van der Waals surface area (Å²) < 4.78 is 22.0. The van der Waals surface area contributed by atoms with Gasteiger partial charge in [-0.1, -0.05) is 72.2 Å². The Labute approximate surface area is 222 Å². The number of benzene rings is 4. The minimum Gasteiger partial charge on any atom is -0.488 e. The number of nitrogens with zero attached hydrogens (tertiary/aromatic N) is 3. The molecule has 0 bridgehead atoms. The summed E-state index contributed by atoms with van der Waals surface area (Å²) in [6.07, 6.45) is 2.46. The second-order valence-electron chi connectivity index (χ2n) is 8.92. The Morgan fingerprint density at radius 1 is 1.05 bits per heavy atom. The van der Waals surface area contributed by atoms with Gasteiger partial charge >= 0.3 is 0 Å². The predicted molar refractivity (Wildman–Crippen MR) is 150 cm³/mol. The lowest BCUT2D eigenvalue weighted by Gasteiger charge is -2.15. The van der Waals surface area contributed by atoms with Crippen molar-refractivity contribution < 1.29 is 9.13 Å². The summed E-state index contributed by atoms with van der Waals surface area (Å²) in [6, 6.07) is 23.6. The SMILES string of the molecule is CC[C@H](C)c1nc2ccc(Br)cc2c(=O)n1N=Cc1c(OCc2cccc(F)c2)ccc2ccccc12. The molecular weight excluding hydrogens is 533 g/mol. The van der Waals surface area contributed by atoms with Gasteiger partial charge in [-0.05, 0) is 59.2 Å². The number of aromatic nitrogens is 2. The molecule has 0 amide bonds. The van der Waals surface area contributed by atoms with Crippen molar-refractivity contribution in [2.75, 3.05) is 0 Å². The van der Waals surface area contributed by atoms with Gasteiger partial charge in [-0.25, -0.2) is 9.37 Å². The molecule has 0 aliphatic rings. The van der Waals surface area contributed by atoms with Gasteiger partial charge in [0.05, 0.1) is 17.1 Å². The van der Waals surface area contributed by atoms with Gasteiger partial charge in [0.2, 0.25) is 0 Å². The largest absolute Gasteiger partial charge is 0.488 e. The normalized spacial score (nSPS) is 12.4. The molecule has 0 fully saturated rings. The second kappa shape index (κ2) is 10.6. The summed E-state index contributed by atoms with van der Waals surface area (Å²) in [5.41, 5.74) is 1.85. The zero-order valence-corrected chi connectivity index (χ0v) is 22.1. The molecule has 5 nitrogen and oxygen atoms in total. The Morgan fingerprint density at radius 2 is 1.89 bits per heavy atom. The first-order valence-electron chi connectivity index (χ1n) is 12.1. The third kappa shape index (κ3) is 5.18. The van der Waals surface area contributed by atoms with Gasteiger partial charge in [-0.15, -0.1) is 0 Å². The van der Waals surface area contributed by atoms with E-state index in [0.29, 0.717) is 22.5 Å². The number of ether oxygens (including phenoxy) is 1. The maximum atomic E-state index is 13.7. The molecule has 0 saturated heterocycles.